The van der Waals surface area contributed by atoms with E-state index in [4.69, 9.17) is 0 Å². The van der Waals surface area contributed by atoms with Crippen LogP contribution >= 0.6 is 31.9 Å². The summed E-state index contributed by atoms with van der Waals surface area (Å²) in [5.74, 6) is 0. The average molecular weight is 262 g/mol. The van der Waals surface area contributed by atoms with Crippen molar-refractivity contribution in [2.24, 2.45) is 0 Å². The highest BCUT2D eigenvalue weighted by Crippen LogP contribution is 2.53. The Hall–Kier alpha value is 0.180. The molecule has 0 aromatic heterocycles. The summed E-state index contributed by atoms with van der Waals surface area (Å²) >= 11 is 7.15. The molecule has 0 amide bonds. The van der Waals surface area contributed by atoms with Crippen LogP contribution in [0.15, 0.2) is 24.3 Å². The van der Waals surface area contributed by atoms with E-state index in [0.29, 0.717) is 9.65 Å². The minimum atomic E-state index is 0.517. The van der Waals surface area contributed by atoms with Gasteiger partial charge in [-0.3, -0.25) is 0 Å². The van der Waals surface area contributed by atoms with Gasteiger partial charge in [0.25, 0.3) is 0 Å². The summed E-state index contributed by atoms with van der Waals surface area (Å²) < 4.78 is 0. The first kappa shape index (κ1) is 6.86. The first-order chi connectivity index (χ1) is 4.80. The van der Waals surface area contributed by atoms with E-state index >= 15 is 0 Å². The minimum Gasteiger partial charge on any atom is -0.0823 e. The molecule has 2 heteroatoms. The molecule has 0 aliphatic heterocycles. The summed E-state index contributed by atoms with van der Waals surface area (Å²) in [5.41, 5.74) is 2.84. The van der Waals surface area contributed by atoms with Gasteiger partial charge in [0.2, 0.25) is 0 Å². The Labute approximate surface area is 76.9 Å². The molecule has 52 valence electrons. The van der Waals surface area contributed by atoms with E-state index < -0.39 is 0 Å². The van der Waals surface area contributed by atoms with Gasteiger partial charge in [-0.2, -0.15) is 0 Å². The number of rotatable bonds is 0. The largest absolute Gasteiger partial charge is 0.0823 e. The van der Waals surface area contributed by atoms with Crippen LogP contribution < -0.4 is 0 Å². The van der Waals surface area contributed by atoms with Gasteiger partial charge in [0.15, 0.2) is 0 Å². The van der Waals surface area contributed by atoms with E-state index in [-0.39, 0.29) is 0 Å². The quantitative estimate of drug-likeness (QED) is 0.627. The van der Waals surface area contributed by atoms with Crippen molar-refractivity contribution in [2.45, 2.75) is 9.65 Å². The smallest absolute Gasteiger partial charge is 0.0564 e. The second-order valence-electron chi connectivity index (χ2n) is 2.43. The van der Waals surface area contributed by atoms with Crippen molar-refractivity contribution >= 4 is 31.9 Å². The average Bonchev–Trinajstić information content (AvgIpc) is 2.03. The molecule has 0 bridgehead atoms. The van der Waals surface area contributed by atoms with Crippen molar-refractivity contribution < 1.29 is 0 Å². The normalized spacial score (nSPS) is 29.0. The summed E-state index contributed by atoms with van der Waals surface area (Å²) in [6.45, 7) is 0. The fraction of sp³-hybridized carbons (Fsp3) is 0.250. The fourth-order valence-electron chi connectivity index (χ4n) is 1.23. The van der Waals surface area contributed by atoms with Gasteiger partial charge in [-0.1, -0.05) is 56.1 Å². The molecule has 1 aliphatic rings. The van der Waals surface area contributed by atoms with Gasteiger partial charge < -0.3 is 0 Å². The first-order valence-corrected chi connectivity index (χ1v) is 5.01. The van der Waals surface area contributed by atoms with Gasteiger partial charge in [0.1, 0.15) is 0 Å². The zero-order chi connectivity index (χ0) is 7.14. The van der Waals surface area contributed by atoms with Crippen molar-refractivity contribution in [1.82, 2.24) is 0 Å². The maximum absolute atomic E-state index is 3.58. The third-order valence-electron chi connectivity index (χ3n) is 1.85. The molecule has 1 aromatic carbocycles. The monoisotopic (exact) mass is 260 g/mol. The first-order valence-electron chi connectivity index (χ1n) is 3.17. The summed E-state index contributed by atoms with van der Waals surface area (Å²) in [4.78, 5) is 1.03. The standard InChI is InChI=1S/C8H6Br2/c9-7-5-3-1-2-4-6(5)8(7)10/h1-4,7-8H/t7-,8-/m0/s1. The number of benzene rings is 1. The van der Waals surface area contributed by atoms with E-state index in [1.165, 1.54) is 11.1 Å². The van der Waals surface area contributed by atoms with E-state index in [1.54, 1.807) is 0 Å². The lowest BCUT2D eigenvalue weighted by Gasteiger charge is -2.31. The lowest BCUT2D eigenvalue weighted by atomic mass is 9.89. The Bertz CT molecular complexity index is 230. The molecule has 0 radical (unpaired) electrons. The van der Waals surface area contributed by atoms with Crippen LogP contribution in [0, 0.1) is 0 Å². The van der Waals surface area contributed by atoms with E-state index in [2.05, 4.69) is 56.1 Å². The fourth-order valence-corrected chi connectivity index (χ4v) is 2.64. The highest BCUT2D eigenvalue weighted by atomic mass is 79.9. The zero-order valence-electron chi connectivity index (χ0n) is 5.22. The third-order valence-corrected chi connectivity index (χ3v) is 4.60. The van der Waals surface area contributed by atoms with Gasteiger partial charge in [0.05, 0.1) is 9.65 Å². The zero-order valence-corrected chi connectivity index (χ0v) is 8.39. The molecule has 1 aromatic rings. The predicted octanol–water partition coefficient (Wildman–Crippen LogP) is 3.57. The Morgan fingerprint density at radius 2 is 1.30 bits per heavy atom. The van der Waals surface area contributed by atoms with Crippen molar-refractivity contribution in [3.05, 3.63) is 35.4 Å². The van der Waals surface area contributed by atoms with E-state index in [1.807, 2.05) is 0 Å². The molecule has 0 N–H and O–H groups in total. The molecule has 0 nitrogen and oxygen atoms in total. The predicted molar refractivity (Wildman–Crippen MR) is 49.8 cm³/mol. The van der Waals surface area contributed by atoms with Crippen molar-refractivity contribution in [2.75, 3.05) is 0 Å². The van der Waals surface area contributed by atoms with Crippen LogP contribution in [-0.2, 0) is 0 Å². The second-order valence-corrected chi connectivity index (χ2v) is 4.41. The third kappa shape index (κ3) is 0.785. The van der Waals surface area contributed by atoms with Crippen LogP contribution in [0.25, 0.3) is 0 Å². The summed E-state index contributed by atoms with van der Waals surface area (Å²) in [6.07, 6.45) is 0. The molecule has 0 fully saturated rings. The molecule has 0 unspecified atom stereocenters. The summed E-state index contributed by atoms with van der Waals surface area (Å²) in [7, 11) is 0. The van der Waals surface area contributed by atoms with E-state index in [0.717, 1.165) is 0 Å². The molecule has 0 saturated carbocycles. The van der Waals surface area contributed by atoms with Gasteiger partial charge >= 0.3 is 0 Å². The lowest BCUT2D eigenvalue weighted by molar-refractivity contribution is 0.820. The van der Waals surface area contributed by atoms with Crippen molar-refractivity contribution in [3.63, 3.8) is 0 Å². The molecule has 0 spiro atoms. The highest BCUT2D eigenvalue weighted by molar-refractivity contribution is 9.12. The van der Waals surface area contributed by atoms with Gasteiger partial charge in [-0.05, 0) is 11.1 Å². The SMILES string of the molecule is Br[C@H]1c2ccccc2[C@@H]1Br. The molecule has 1 aliphatic carbocycles. The van der Waals surface area contributed by atoms with Gasteiger partial charge in [0, 0.05) is 0 Å². The highest BCUT2D eigenvalue weighted by Gasteiger charge is 2.32. The van der Waals surface area contributed by atoms with Crippen molar-refractivity contribution in [3.8, 4) is 0 Å². The molecule has 2 rings (SSSR count). The number of alkyl halides is 2. The number of hydrogen-bond acceptors (Lipinski definition) is 0. The topological polar surface area (TPSA) is 0 Å². The minimum absolute atomic E-state index is 0.517. The number of fused-ring (bicyclic) bond motifs is 1. The Morgan fingerprint density at radius 1 is 0.900 bits per heavy atom. The van der Waals surface area contributed by atoms with Crippen LogP contribution in [0.3, 0.4) is 0 Å². The van der Waals surface area contributed by atoms with Gasteiger partial charge in [-0.15, -0.1) is 0 Å². The maximum atomic E-state index is 3.58. The molecule has 2 atom stereocenters. The van der Waals surface area contributed by atoms with Crippen LogP contribution in [0.2, 0.25) is 0 Å². The molecule has 0 heterocycles. The van der Waals surface area contributed by atoms with Crippen LogP contribution in [-0.4, -0.2) is 0 Å². The summed E-state index contributed by atoms with van der Waals surface area (Å²) in [5, 5.41) is 0. The molecular formula is C8H6Br2. The molecule has 0 saturated heterocycles. The summed E-state index contributed by atoms with van der Waals surface area (Å²) in [6, 6.07) is 8.47. The van der Waals surface area contributed by atoms with Crippen LogP contribution in [0.1, 0.15) is 20.8 Å². The van der Waals surface area contributed by atoms with Gasteiger partial charge in [-0.25, -0.2) is 0 Å². The molecule has 10 heavy (non-hydrogen) atoms. The number of hydrogen-bond donors (Lipinski definition) is 0. The Morgan fingerprint density at radius 3 is 1.70 bits per heavy atom. The van der Waals surface area contributed by atoms with Crippen LogP contribution in [0.5, 0.6) is 0 Å². The lowest BCUT2D eigenvalue weighted by Crippen LogP contribution is -2.13. The van der Waals surface area contributed by atoms with Crippen molar-refractivity contribution in [1.29, 1.82) is 0 Å². The van der Waals surface area contributed by atoms with E-state index in [9.17, 15) is 0 Å². The second kappa shape index (κ2) is 2.35. The Balaban J connectivity index is 2.50. The van der Waals surface area contributed by atoms with Crippen LogP contribution in [0.4, 0.5) is 0 Å². The maximum Gasteiger partial charge on any atom is 0.0564 e. The molecular weight excluding hydrogens is 256 g/mol. The Kier molecular flexibility index (Phi) is 1.61. The number of halogens is 2.